The third-order valence-corrected chi connectivity index (χ3v) is 5.53. The van der Waals surface area contributed by atoms with Crippen LogP contribution in [-0.2, 0) is 16.2 Å². The number of halogens is 2. The lowest BCUT2D eigenvalue weighted by Gasteiger charge is -2.14. The third-order valence-electron chi connectivity index (χ3n) is 4.03. The number of primary amides is 1. The van der Waals surface area contributed by atoms with Crippen molar-refractivity contribution in [3.05, 3.63) is 62.7 Å². The number of nitrogens with zero attached hydrogens (tertiary/aromatic N) is 1. The lowest BCUT2D eigenvalue weighted by Crippen LogP contribution is -2.36. The normalized spacial score (nSPS) is 15.0. The molecule has 1 aliphatic heterocycles. The summed E-state index contributed by atoms with van der Waals surface area (Å²) in [6.07, 6.45) is 1.52. The zero-order chi connectivity index (χ0) is 21.8. The summed E-state index contributed by atoms with van der Waals surface area (Å²) in [7, 11) is 1.47. The van der Waals surface area contributed by atoms with Crippen LogP contribution in [0, 0.1) is 5.82 Å². The maximum Gasteiger partial charge on any atom is 0.294 e. The van der Waals surface area contributed by atoms with Crippen molar-refractivity contribution < 1.29 is 28.2 Å². The minimum Gasteiger partial charge on any atom is -0.493 e. The molecule has 10 heteroatoms. The Morgan fingerprint density at radius 2 is 1.97 bits per heavy atom. The van der Waals surface area contributed by atoms with Crippen LogP contribution in [0.5, 0.6) is 11.5 Å². The summed E-state index contributed by atoms with van der Waals surface area (Å²) in [4.78, 5) is 36.3. The first-order chi connectivity index (χ1) is 14.3. The van der Waals surface area contributed by atoms with Gasteiger partial charge in [0.2, 0.25) is 5.91 Å². The van der Waals surface area contributed by atoms with Crippen molar-refractivity contribution in [3.8, 4) is 11.5 Å². The highest BCUT2D eigenvalue weighted by molar-refractivity contribution is 9.10. The van der Waals surface area contributed by atoms with Crippen molar-refractivity contribution in [2.24, 2.45) is 5.73 Å². The van der Waals surface area contributed by atoms with Gasteiger partial charge >= 0.3 is 0 Å². The molecule has 7 nitrogen and oxygen atoms in total. The Bertz CT molecular complexity index is 1040. The third kappa shape index (κ3) is 5.00. The number of benzene rings is 2. The van der Waals surface area contributed by atoms with Gasteiger partial charge in [-0.05, 0) is 69.2 Å². The van der Waals surface area contributed by atoms with E-state index in [0.29, 0.717) is 21.5 Å². The summed E-state index contributed by atoms with van der Waals surface area (Å²) in [5, 5.41) is -0.560. The Morgan fingerprint density at radius 1 is 1.27 bits per heavy atom. The molecule has 2 aromatic carbocycles. The summed E-state index contributed by atoms with van der Waals surface area (Å²) >= 11 is 4.14. The van der Waals surface area contributed by atoms with Gasteiger partial charge in [0.25, 0.3) is 11.1 Å². The van der Waals surface area contributed by atoms with Crippen molar-refractivity contribution in [1.29, 1.82) is 0 Å². The van der Waals surface area contributed by atoms with Gasteiger partial charge in [-0.2, -0.15) is 0 Å². The predicted molar refractivity (Wildman–Crippen MR) is 113 cm³/mol. The van der Waals surface area contributed by atoms with Gasteiger partial charge in [0.1, 0.15) is 19.0 Å². The van der Waals surface area contributed by atoms with Crippen molar-refractivity contribution in [1.82, 2.24) is 4.90 Å². The number of nitrogens with two attached hydrogens (primary N) is 1. The number of rotatable bonds is 7. The van der Waals surface area contributed by atoms with Crippen LogP contribution in [0.1, 0.15) is 11.1 Å². The highest BCUT2D eigenvalue weighted by atomic mass is 79.9. The smallest absolute Gasteiger partial charge is 0.294 e. The van der Waals surface area contributed by atoms with E-state index in [1.165, 1.54) is 25.3 Å². The molecule has 2 N–H and O–H groups in total. The lowest BCUT2D eigenvalue weighted by atomic mass is 10.1. The average molecular weight is 495 g/mol. The van der Waals surface area contributed by atoms with Crippen LogP contribution >= 0.6 is 27.7 Å². The second-order valence-electron chi connectivity index (χ2n) is 6.18. The van der Waals surface area contributed by atoms with E-state index < -0.39 is 23.6 Å². The van der Waals surface area contributed by atoms with Crippen LogP contribution < -0.4 is 15.2 Å². The highest BCUT2D eigenvalue weighted by Crippen LogP contribution is 2.39. The minimum absolute atomic E-state index is 0.162. The Hall–Kier alpha value is -2.85. The highest BCUT2D eigenvalue weighted by Gasteiger charge is 2.35. The van der Waals surface area contributed by atoms with Gasteiger partial charge in [-0.1, -0.05) is 12.1 Å². The Morgan fingerprint density at radius 3 is 2.60 bits per heavy atom. The van der Waals surface area contributed by atoms with E-state index >= 15 is 0 Å². The molecule has 0 bridgehead atoms. The standard InChI is InChI=1S/C20H16BrFN2O5S/c1-28-15-7-12(8-16-19(26)24(9-17(23)25)20(27)30-16)6-14(21)18(15)29-10-11-2-4-13(22)5-3-11/h2-8H,9-10H2,1H3,(H2,23,25)/b16-8-. The molecule has 1 fully saturated rings. The van der Waals surface area contributed by atoms with Crippen molar-refractivity contribution in [2.45, 2.75) is 6.61 Å². The summed E-state index contributed by atoms with van der Waals surface area (Å²) < 4.78 is 24.8. The van der Waals surface area contributed by atoms with Crippen LogP contribution in [0.25, 0.3) is 6.08 Å². The van der Waals surface area contributed by atoms with Gasteiger partial charge in [0.05, 0.1) is 16.5 Å². The number of carbonyl (C=O) groups is 3. The van der Waals surface area contributed by atoms with Crippen LogP contribution in [0.15, 0.2) is 45.8 Å². The SMILES string of the molecule is COc1cc(/C=C2\SC(=O)N(CC(N)=O)C2=O)cc(Br)c1OCc1ccc(F)cc1. The largest absolute Gasteiger partial charge is 0.493 e. The molecule has 0 radical (unpaired) electrons. The van der Waals surface area contributed by atoms with E-state index in [4.69, 9.17) is 15.2 Å². The fourth-order valence-corrected chi connectivity index (χ4v) is 4.06. The van der Waals surface area contributed by atoms with E-state index in [-0.39, 0.29) is 17.3 Å². The molecule has 3 rings (SSSR count). The molecule has 3 amide bonds. The first kappa shape index (κ1) is 21.8. The molecule has 0 saturated carbocycles. The number of ether oxygens (including phenoxy) is 2. The number of hydrogen-bond acceptors (Lipinski definition) is 6. The zero-order valence-electron chi connectivity index (χ0n) is 15.7. The van der Waals surface area contributed by atoms with Gasteiger partial charge < -0.3 is 15.2 Å². The second-order valence-corrected chi connectivity index (χ2v) is 8.03. The van der Waals surface area contributed by atoms with Crippen LogP contribution in [0.2, 0.25) is 0 Å². The molecule has 1 heterocycles. The van der Waals surface area contributed by atoms with E-state index in [2.05, 4.69) is 15.9 Å². The maximum atomic E-state index is 13.0. The Labute approximate surface area is 184 Å². The van der Waals surface area contributed by atoms with E-state index in [1.54, 1.807) is 24.3 Å². The molecule has 1 aliphatic rings. The van der Waals surface area contributed by atoms with Crippen LogP contribution in [0.4, 0.5) is 9.18 Å². The zero-order valence-corrected chi connectivity index (χ0v) is 18.1. The second kappa shape index (κ2) is 9.31. The van der Waals surface area contributed by atoms with Gasteiger partial charge in [-0.3, -0.25) is 19.3 Å². The molecule has 0 aromatic heterocycles. The topological polar surface area (TPSA) is 98.9 Å². The van der Waals surface area contributed by atoms with Gasteiger partial charge in [0, 0.05) is 0 Å². The molecular formula is C20H16BrFN2O5S. The van der Waals surface area contributed by atoms with Crippen molar-refractivity contribution >= 4 is 50.8 Å². The summed E-state index contributed by atoms with van der Waals surface area (Å²) in [5.74, 6) is -0.863. The lowest BCUT2D eigenvalue weighted by molar-refractivity contribution is -0.127. The Kier molecular flexibility index (Phi) is 6.78. The molecule has 0 aliphatic carbocycles. The number of thioether (sulfide) groups is 1. The van der Waals surface area contributed by atoms with E-state index in [9.17, 15) is 18.8 Å². The fourth-order valence-electron chi connectivity index (χ4n) is 2.64. The molecular weight excluding hydrogens is 479 g/mol. The summed E-state index contributed by atoms with van der Waals surface area (Å²) in [6, 6.07) is 9.27. The molecule has 0 unspecified atom stereocenters. The minimum atomic E-state index is -0.773. The van der Waals surface area contributed by atoms with Crippen LogP contribution in [-0.4, -0.2) is 35.6 Å². The van der Waals surface area contributed by atoms with Crippen molar-refractivity contribution in [2.75, 3.05) is 13.7 Å². The van der Waals surface area contributed by atoms with E-state index in [0.717, 1.165) is 22.2 Å². The number of amides is 3. The molecule has 1 saturated heterocycles. The van der Waals surface area contributed by atoms with E-state index in [1.807, 2.05) is 0 Å². The Balaban J connectivity index is 1.82. The predicted octanol–water partition coefficient (Wildman–Crippen LogP) is 3.70. The number of methoxy groups -OCH3 is 1. The molecule has 30 heavy (non-hydrogen) atoms. The van der Waals surface area contributed by atoms with Gasteiger partial charge in [-0.25, -0.2) is 4.39 Å². The fraction of sp³-hybridized carbons (Fsp3) is 0.150. The quantitative estimate of drug-likeness (QED) is 0.589. The first-order valence-electron chi connectivity index (χ1n) is 8.57. The molecule has 156 valence electrons. The number of carbonyl (C=O) groups excluding carboxylic acids is 3. The maximum absolute atomic E-state index is 13.0. The monoisotopic (exact) mass is 494 g/mol. The molecule has 0 atom stereocenters. The van der Waals surface area contributed by atoms with Crippen LogP contribution in [0.3, 0.4) is 0 Å². The molecule has 0 spiro atoms. The summed E-state index contributed by atoms with van der Waals surface area (Å²) in [5.41, 5.74) is 6.43. The first-order valence-corrected chi connectivity index (χ1v) is 10.2. The number of hydrogen-bond donors (Lipinski definition) is 1. The van der Waals surface area contributed by atoms with Gasteiger partial charge in [0.15, 0.2) is 11.5 Å². The van der Waals surface area contributed by atoms with Crippen molar-refractivity contribution in [3.63, 3.8) is 0 Å². The van der Waals surface area contributed by atoms with Gasteiger partial charge in [-0.15, -0.1) is 0 Å². The summed E-state index contributed by atoms with van der Waals surface area (Å²) in [6.45, 7) is -0.272. The number of imide groups is 1. The average Bonchev–Trinajstić information content (AvgIpc) is 2.95. The molecule has 2 aromatic rings.